The van der Waals surface area contributed by atoms with E-state index in [1.54, 1.807) is 0 Å². The average molecular weight is 339 g/mol. The predicted molar refractivity (Wildman–Crippen MR) is 85.9 cm³/mol. The molecule has 1 N–H and O–H groups in total. The van der Waals surface area contributed by atoms with E-state index >= 15 is 0 Å². The van der Waals surface area contributed by atoms with Crippen LogP contribution in [0.3, 0.4) is 0 Å². The van der Waals surface area contributed by atoms with Gasteiger partial charge in [0.15, 0.2) is 5.69 Å². The van der Waals surface area contributed by atoms with Crippen molar-refractivity contribution in [3.63, 3.8) is 0 Å². The number of pyridine rings is 1. The molecular weight excluding hydrogens is 319 g/mol. The lowest BCUT2D eigenvalue weighted by atomic mass is 9.94. The Bertz CT molecular complexity index is 705. The van der Waals surface area contributed by atoms with Gasteiger partial charge in [-0.2, -0.15) is 13.2 Å². The maximum Gasteiger partial charge on any atom is 0.433 e. The molecule has 3 nitrogen and oxygen atoms in total. The first kappa shape index (κ1) is 18.3. The molecule has 6 heteroatoms. The molecule has 0 fully saturated rings. The number of hydrogen-bond acceptors (Lipinski definition) is 3. The molecule has 2 rings (SSSR count). The van der Waals surface area contributed by atoms with Gasteiger partial charge >= 0.3 is 6.18 Å². The summed E-state index contributed by atoms with van der Waals surface area (Å²) in [4.78, 5) is 3.85. The van der Waals surface area contributed by atoms with Gasteiger partial charge in [0.1, 0.15) is 5.75 Å². The molecule has 0 spiro atoms. The van der Waals surface area contributed by atoms with Gasteiger partial charge < -0.3 is 9.84 Å². The number of rotatable bonds is 5. The largest absolute Gasteiger partial charge is 0.496 e. The SMILES string of the molecule is CCc1cccc(CC)c1-c1cc(OC)c(CO)c(C(F)(F)F)n1. The molecule has 24 heavy (non-hydrogen) atoms. The monoisotopic (exact) mass is 339 g/mol. The number of nitrogens with zero attached hydrogens (tertiary/aromatic N) is 1. The second-order valence-electron chi connectivity index (χ2n) is 5.35. The highest BCUT2D eigenvalue weighted by molar-refractivity contribution is 5.70. The summed E-state index contributed by atoms with van der Waals surface area (Å²) in [6.07, 6.45) is -3.32. The number of aliphatic hydroxyl groups is 1. The van der Waals surface area contributed by atoms with Crippen LogP contribution in [0.4, 0.5) is 13.2 Å². The van der Waals surface area contributed by atoms with E-state index in [9.17, 15) is 18.3 Å². The van der Waals surface area contributed by atoms with Crippen molar-refractivity contribution in [2.45, 2.75) is 39.5 Å². The first-order valence-electron chi connectivity index (χ1n) is 7.74. The van der Waals surface area contributed by atoms with Gasteiger partial charge in [-0.15, -0.1) is 0 Å². The van der Waals surface area contributed by atoms with E-state index in [-0.39, 0.29) is 17.0 Å². The zero-order valence-electron chi connectivity index (χ0n) is 13.9. The number of aryl methyl sites for hydroxylation is 2. The number of hydrogen-bond donors (Lipinski definition) is 1. The van der Waals surface area contributed by atoms with Crippen molar-refractivity contribution in [2.75, 3.05) is 7.11 Å². The summed E-state index contributed by atoms with van der Waals surface area (Å²) in [7, 11) is 1.28. The molecule has 0 atom stereocenters. The highest BCUT2D eigenvalue weighted by Gasteiger charge is 2.37. The lowest BCUT2D eigenvalue weighted by molar-refractivity contribution is -0.142. The summed E-state index contributed by atoms with van der Waals surface area (Å²) >= 11 is 0. The Balaban J connectivity index is 2.82. The number of ether oxygens (including phenoxy) is 1. The molecule has 0 aliphatic heterocycles. The third kappa shape index (κ3) is 3.38. The van der Waals surface area contributed by atoms with Crippen LogP contribution in [0, 0.1) is 0 Å². The first-order chi connectivity index (χ1) is 11.4. The van der Waals surface area contributed by atoms with Gasteiger partial charge in [-0.05, 0) is 24.0 Å². The fraction of sp³-hybridized carbons (Fsp3) is 0.389. The number of aliphatic hydroxyl groups excluding tert-OH is 1. The fourth-order valence-electron chi connectivity index (χ4n) is 2.82. The minimum Gasteiger partial charge on any atom is -0.496 e. The Labute approximate surface area is 139 Å². The molecule has 0 radical (unpaired) electrons. The van der Waals surface area contributed by atoms with Crippen molar-refractivity contribution in [1.82, 2.24) is 4.98 Å². The Kier molecular flexibility index (Phi) is 5.49. The highest BCUT2D eigenvalue weighted by atomic mass is 19.4. The Hall–Kier alpha value is -2.08. The van der Waals surface area contributed by atoms with E-state index in [0.717, 1.165) is 11.1 Å². The molecule has 1 aromatic heterocycles. The van der Waals surface area contributed by atoms with Crippen LogP contribution in [-0.4, -0.2) is 17.2 Å². The van der Waals surface area contributed by atoms with E-state index in [1.807, 2.05) is 32.0 Å². The Morgan fingerprint density at radius 3 is 2.12 bits per heavy atom. The molecule has 0 aliphatic rings. The van der Waals surface area contributed by atoms with Crippen molar-refractivity contribution in [3.8, 4) is 17.0 Å². The van der Waals surface area contributed by atoms with Gasteiger partial charge in [0, 0.05) is 11.6 Å². The topological polar surface area (TPSA) is 42.4 Å². The van der Waals surface area contributed by atoms with Crippen LogP contribution < -0.4 is 4.74 Å². The highest BCUT2D eigenvalue weighted by Crippen LogP contribution is 2.38. The van der Waals surface area contributed by atoms with Gasteiger partial charge in [-0.1, -0.05) is 32.0 Å². The molecule has 130 valence electrons. The van der Waals surface area contributed by atoms with E-state index in [2.05, 4.69) is 4.98 Å². The molecular formula is C18H20F3NO2. The number of halogens is 3. The van der Waals surface area contributed by atoms with Gasteiger partial charge in [0.2, 0.25) is 0 Å². The van der Waals surface area contributed by atoms with E-state index in [1.165, 1.54) is 13.2 Å². The molecule has 0 saturated heterocycles. The zero-order chi connectivity index (χ0) is 17.9. The van der Waals surface area contributed by atoms with Crippen molar-refractivity contribution in [1.29, 1.82) is 0 Å². The van der Waals surface area contributed by atoms with Crippen LogP contribution >= 0.6 is 0 Å². The molecule has 0 bridgehead atoms. The average Bonchev–Trinajstić information content (AvgIpc) is 2.58. The summed E-state index contributed by atoms with van der Waals surface area (Å²) in [6, 6.07) is 7.13. The van der Waals surface area contributed by atoms with E-state index in [0.29, 0.717) is 18.4 Å². The predicted octanol–water partition coefficient (Wildman–Crippen LogP) is 4.39. The summed E-state index contributed by atoms with van der Waals surface area (Å²) < 4.78 is 45.2. The third-order valence-corrected chi connectivity index (χ3v) is 3.98. The smallest absolute Gasteiger partial charge is 0.433 e. The van der Waals surface area contributed by atoms with Gasteiger partial charge in [0.05, 0.1) is 25.0 Å². The molecule has 0 aliphatic carbocycles. The molecule has 2 aromatic rings. The van der Waals surface area contributed by atoms with Crippen LogP contribution in [-0.2, 0) is 25.6 Å². The van der Waals surface area contributed by atoms with Crippen LogP contribution in [0.1, 0.15) is 36.2 Å². The minimum absolute atomic E-state index is 0.0113. The Morgan fingerprint density at radius 1 is 1.12 bits per heavy atom. The van der Waals surface area contributed by atoms with Crippen LogP contribution in [0.25, 0.3) is 11.3 Å². The van der Waals surface area contributed by atoms with Gasteiger partial charge in [-0.3, -0.25) is 0 Å². The normalized spacial score (nSPS) is 11.6. The second-order valence-corrected chi connectivity index (χ2v) is 5.35. The lowest BCUT2D eigenvalue weighted by Gasteiger charge is -2.18. The number of aromatic nitrogens is 1. The fourth-order valence-corrected chi connectivity index (χ4v) is 2.82. The summed E-state index contributed by atoms with van der Waals surface area (Å²) in [5.41, 5.74) is 1.32. The van der Waals surface area contributed by atoms with Crippen LogP contribution in [0.2, 0.25) is 0 Å². The van der Waals surface area contributed by atoms with E-state index in [4.69, 9.17) is 4.74 Å². The summed E-state index contributed by atoms with van der Waals surface area (Å²) in [5, 5.41) is 9.34. The Morgan fingerprint density at radius 2 is 1.71 bits per heavy atom. The van der Waals surface area contributed by atoms with Crippen molar-refractivity contribution < 1.29 is 23.0 Å². The van der Waals surface area contributed by atoms with Crippen molar-refractivity contribution in [2.24, 2.45) is 0 Å². The third-order valence-electron chi connectivity index (χ3n) is 3.98. The summed E-state index contributed by atoms with van der Waals surface area (Å²) in [6.45, 7) is 3.10. The number of benzene rings is 1. The maximum absolute atomic E-state index is 13.4. The number of alkyl halides is 3. The van der Waals surface area contributed by atoms with E-state index < -0.39 is 18.5 Å². The van der Waals surface area contributed by atoms with Crippen LogP contribution in [0.5, 0.6) is 5.75 Å². The lowest BCUT2D eigenvalue weighted by Crippen LogP contribution is -2.14. The van der Waals surface area contributed by atoms with Gasteiger partial charge in [0.25, 0.3) is 0 Å². The van der Waals surface area contributed by atoms with Crippen LogP contribution in [0.15, 0.2) is 24.3 Å². The van der Waals surface area contributed by atoms with Crippen molar-refractivity contribution >= 4 is 0 Å². The molecule has 0 amide bonds. The molecule has 1 aromatic carbocycles. The first-order valence-corrected chi connectivity index (χ1v) is 7.74. The molecule has 1 heterocycles. The van der Waals surface area contributed by atoms with Gasteiger partial charge in [-0.25, -0.2) is 4.98 Å². The minimum atomic E-state index is -4.67. The maximum atomic E-state index is 13.4. The molecule has 0 unspecified atom stereocenters. The number of methoxy groups -OCH3 is 1. The molecule has 0 saturated carbocycles. The second kappa shape index (κ2) is 7.21. The summed E-state index contributed by atoms with van der Waals surface area (Å²) in [5.74, 6) is -0.0113. The zero-order valence-corrected chi connectivity index (χ0v) is 13.9. The van der Waals surface area contributed by atoms with Crippen molar-refractivity contribution in [3.05, 3.63) is 46.6 Å². The standard InChI is InChI=1S/C18H20F3NO2/c1-4-11-7-6-8-12(5-2)16(11)14-9-15(24-3)13(10-23)17(22-14)18(19,20)21/h6-9,23H,4-5,10H2,1-3H3. The quantitative estimate of drug-likeness (QED) is 0.878.